The van der Waals surface area contributed by atoms with Crippen LogP contribution in [0.3, 0.4) is 0 Å². The highest BCUT2D eigenvalue weighted by molar-refractivity contribution is 5.76. The molecule has 1 aromatic rings. The second-order valence-electron chi connectivity index (χ2n) is 4.08. The number of ether oxygens (including phenoxy) is 1. The van der Waals surface area contributed by atoms with Crippen LogP contribution in [0.2, 0.25) is 0 Å². The van der Waals surface area contributed by atoms with E-state index in [0.29, 0.717) is 19.6 Å². The molecule has 96 valence electrons. The normalized spacial score (nSPS) is 10.5. The van der Waals surface area contributed by atoms with E-state index in [1.807, 2.05) is 24.9 Å². The molecular formula is C12H21N3O2. The minimum atomic E-state index is 0.0874. The molecule has 0 spiro atoms. The van der Waals surface area contributed by atoms with Crippen LogP contribution < -0.4 is 5.32 Å². The molecule has 1 aromatic heterocycles. The van der Waals surface area contributed by atoms with Crippen molar-refractivity contribution in [1.82, 2.24) is 15.1 Å². The van der Waals surface area contributed by atoms with Gasteiger partial charge < -0.3 is 10.1 Å². The second-order valence-corrected chi connectivity index (χ2v) is 4.08. The highest BCUT2D eigenvalue weighted by atomic mass is 16.5. The maximum Gasteiger partial charge on any atom is 0.220 e. The Labute approximate surface area is 102 Å². The van der Waals surface area contributed by atoms with Gasteiger partial charge in [0.2, 0.25) is 5.91 Å². The summed E-state index contributed by atoms with van der Waals surface area (Å²) in [6.07, 6.45) is 3.94. The number of nitrogens with one attached hydrogen (secondary N) is 1. The van der Waals surface area contributed by atoms with Crippen LogP contribution in [0.1, 0.15) is 24.1 Å². The third-order valence-corrected chi connectivity index (χ3v) is 2.81. The standard InChI is InChI=1S/C12H21N3O2/c1-10-11(9-14-15(10)2)5-6-12(16)13-7-4-8-17-3/h9H,4-8H2,1-3H3,(H,13,16). The quantitative estimate of drug-likeness (QED) is 0.716. The highest BCUT2D eigenvalue weighted by Gasteiger charge is 2.06. The zero-order valence-electron chi connectivity index (χ0n) is 10.8. The lowest BCUT2D eigenvalue weighted by Crippen LogP contribution is -2.25. The number of carbonyl (C=O) groups is 1. The smallest absolute Gasteiger partial charge is 0.220 e. The first-order chi connectivity index (χ1) is 8.15. The lowest BCUT2D eigenvalue weighted by molar-refractivity contribution is -0.121. The molecule has 5 nitrogen and oxygen atoms in total. The van der Waals surface area contributed by atoms with Crippen molar-refractivity contribution in [3.63, 3.8) is 0 Å². The van der Waals surface area contributed by atoms with Crippen molar-refractivity contribution in [2.24, 2.45) is 7.05 Å². The summed E-state index contributed by atoms with van der Waals surface area (Å²) in [5.41, 5.74) is 2.26. The second kappa shape index (κ2) is 7.06. The van der Waals surface area contributed by atoms with E-state index >= 15 is 0 Å². The number of rotatable bonds is 7. The molecule has 1 rings (SSSR count). The Hall–Kier alpha value is -1.36. The summed E-state index contributed by atoms with van der Waals surface area (Å²) in [5.74, 6) is 0.0874. The average Bonchev–Trinajstić information content (AvgIpc) is 2.63. The van der Waals surface area contributed by atoms with Crippen molar-refractivity contribution in [3.8, 4) is 0 Å². The van der Waals surface area contributed by atoms with Gasteiger partial charge in [-0.15, -0.1) is 0 Å². The van der Waals surface area contributed by atoms with E-state index in [2.05, 4.69) is 10.4 Å². The van der Waals surface area contributed by atoms with Gasteiger partial charge in [0.15, 0.2) is 0 Å². The Bertz CT molecular complexity index is 361. The van der Waals surface area contributed by atoms with Crippen LogP contribution in [-0.4, -0.2) is 35.9 Å². The van der Waals surface area contributed by atoms with E-state index in [-0.39, 0.29) is 5.91 Å². The van der Waals surface area contributed by atoms with Gasteiger partial charge in [0.25, 0.3) is 0 Å². The van der Waals surface area contributed by atoms with Crippen LogP contribution in [-0.2, 0) is 23.0 Å². The molecular weight excluding hydrogens is 218 g/mol. The first-order valence-corrected chi connectivity index (χ1v) is 5.88. The summed E-state index contributed by atoms with van der Waals surface area (Å²) in [4.78, 5) is 11.5. The fourth-order valence-electron chi connectivity index (χ4n) is 1.57. The van der Waals surface area contributed by atoms with Crippen LogP contribution in [0.15, 0.2) is 6.20 Å². The summed E-state index contributed by atoms with van der Waals surface area (Å²) in [5, 5.41) is 7.02. The molecule has 0 fully saturated rings. The van der Waals surface area contributed by atoms with E-state index in [9.17, 15) is 4.79 Å². The number of methoxy groups -OCH3 is 1. The molecule has 0 radical (unpaired) electrons. The van der Waals surface area contributed by atoms with Crippen molar-refractivity contribution in [2.45, 2.75) is 26.2 Å². The van der Waals surface area contributed by atoms with Gasteiger partial charge in [0.05, 0.1) is 6.20 Å². The van der Waals surface area contributed by atoms with Crippen molar-refractivity contribution < 1.29 is 9.53 Å². The first-order valence-electron chi connectivity index (χ1n) is 5.88. The largest absolute Gasteiger partial charge is 0.385 e. The van der Waals surface area contributed by atoms with E-state index in [1.165, 1.54) is 0 Å². The monoisotopic (exact) mass is 239 g/mol. The summed E-state index contributed by atoms with van der Waals surface area (Å²) in [6, 6.07) is 0. The number of nitrogens with zero attached hydrogens (tertiary/aromatic N) is 2. The average molecular weight is 239 g/mol. The minimum Gasteiger partial charge on any atom is -0.385 e. The minimum absolute atomic E-state index is 0.0874. The van der Waals surface area contributed by atoms with Gasteiger partial charge >= 0.3 is 0 Å². The Morgan fingerprint density at radius 3 is 2.94 bits per heavy atom. The van der Waals surface area contributed by atoms with Crippen LogP contribution in [0.4, 0.5) is 0 Å². The number of hydrogen-bond donors (Lipinski definition) is 1. The van der Waals surface area contributed by atoms with Crippen LogP contribution in [0.5, 0.6) is 0 Å². The van der Waals surface area contributed by atoms with E-state index in [1.54, 1.807) is 7.11 Å². The Morgan fingerprint density at radius 2 is 2.35 bits per heavy atom. The molecule has 1 N–H and O–H groups in total. The Balaban J connectivity index is 2.22. The lowest BCUT2D eigenvalue weighted by atomic mass is 10.1. The van der Waals surface area contributed by atoms with Gasteiger partial charge in [-0.25, -0.2) is 0 Å². The van der Waals surface area contributed by atoms with Crippen molar-refractivity contribution >= 4 is 5.91 Å². The zero-order chi connectivity index (χ0) is 12.7. The lowest BCUT2D eigenvalue weighted by Gasteiger charge is -2.04. The predicted octanol–water partition coefficient (Wildman–Crippen LogP) is 0.814. The Kier molecular flexibility index (Phi) is 5.69. The molecule has 17 heavy (non-hydrogen) atoms. The van der Waals surface area contributed by atoms with E-state index in [4.69, 9.17) is 4.74 Å². The number of carbonyl (C=O) groups excluding carboxylic acids is 1. The van der Waals surface area contributed by atoms with Crippen molar-refractivity contribution in [2.75, 3.05) is 20.3 Å². The van der Waals surface area contributed by atoms with E-state index in [0.717, 1.165) is 24.1 Å². The maximum absolute atomic E-state index is 11.5. The first kappa shape index (κ1) is 13.7. The van der Waals surface area contributed by atoms with Gasteiger partial charge in [-0.3, -0.25) is 9.48 Å². The van der Waals surface area contributed by atoms with Crippen molar-refractivity contribution in [1.29, 1.82) is 0 Å². The molecule has 0 aliphatic carbocycles. The molecule has 1 amide bonds. The summed E-state index contributed by atoms with van der Waals surface area (Å²) < 4.78 is 6.73. The van der Waals surface area contributed by atoms with Gasteiger partial charge in [-0.2, -0.15) is 5.10 Å². The number of hydrogen-bond acceptors (Lipinski definition) is 3. The molecule has 0 saturated carbocycles. The Morgan fingerprint density at radius 1 is 1.59 bits per heavy atom. The third kappa shape index (κ3) is 4.56. The number of amides is 1. The molecule has 0 unspecified atom stereocenters. The molecule has 0 aliphatic rings. The molecule has 1 heterocycles. The van der Waals surface area contributed by atoms with Gasteiger partial charge in [-0.05, 0) is 25.3 Å². The van der Waals surface area contributed by atoms with E-state index < -0.39 is 0 Å². The fourth-order valence-corrected chi connectivity index (χ4v) is 1.57. The highest BCUT2D eigenvalue weighted by Crippen LogP contribution is 2.07. The predicted molar refractivity (Wildman–Crippen MR) is 65.8 cm³/mol. The zero-order valence-corrected chi connectivity index (χ0v) is 10.8. The molecule has 0 aliphatic heterocycles. The van der Waals surface area contributed by atoms with Crippen LogP contribution in [0.25, 0.3) is 0 Å². The van der Waals surface area contributed by atoms with Crippen LogP contribution >= 0.6 is 0 Å². The fraction of sp³-hybridized carbons (Fsp3) is 0.667. The summed E-state index contributed by atoms with van der Waals surface area (Å²) in [6.45, 7) is 3.37. The number of aromatic nitrogens is 2. The molecule has 0 bridgehead atoms. The maximum atomic E-state index is 11.5. The number of aryl methyl sites for hydroxylation is 2. The molecule has 0 aromatic carbocycles. The summed E-state index contributed by atoms with van der Waals surface area (Å²) >= 11 is 0. The topological polar surface area (TPSA) is 56.1 Å². The van der Waals surface area contributed by atoms with Crippen molar-refractivity contribution in [3.05, 3.63) is 17.5 Å². The SMILES string of the molecule is COCCCNC(=O)CCc1cnn(C)c1C. The van der Waals surface area contributed by atoms with Gasteiger partial charge in [-0.1, -0.05) is 0 Å². The molecule has 5 heteroatoms. The van der Waals surface area contributed by atoms with Gasteiger partial charge in [0.1, 0.15) is 0 Å². The van der Waals surface area contributed by atoms with Gasteiger partial charge in [0, 0.05) is 39.4 Å². The molecule has 0 saturated heterocycles. The summed E-state index contributed by atoms with van der Waals surface area (Å²) in [7, 11) is 3.57. The third-order valence-electron chi connectivity index (χ3n) is 2.81. The van der Waals surface area contributed by atoms with Crippen LogP contribution in [0, 0.1) is 6.92 Å². The molecule has 0 atom stereocenters.